The van der Waals surface area contributed by atoms with Crippen LogP contribution in [0.1, 0.15) is 11.7 Å². The zero-order valence-corrected chi connectivity index (χ0v) is 24.4. The van der Waals surface area contributed by atoms with E-state index in [1.54, 1.807) is 0 Å². The van der Waals surface area contributed by atoms with Crippen molar-refractivity contribution in [3.05, 3.63) is 164 Å². The summed E-state index contributed by atoms with van der Waals surface area (Å²) in [6.07, 6.45) is 12.3. The average molecular weight is 567 g/mol. The third-order valence-corrected chi connectivity index (χ3v) is 8.51. The normalized spacial score (nSPS) is 14.5. The number of benzene rings is 4. The summed E-state index contributed by atoms with van der Waals surface area (Å²) in [6.45, 7) is 0. The fourth-order valence-electron chi connectivity index (χ4n) is 6.30. The summed E-state index contributed by atoms with van der Waals surface area (Å²) >= 11 is 0. The van der Waals surface area contributed by atoms with Crippen LogP contribution in [-0.2, 0) is 0 Å². The molecule has 4 heteroatoms. The first kappa shape index (κ1) is 25.9. The second kappa shape index (κ2) is 10.8. The van der Waals surface area contributed by atoms with E-state index < -0.39 is 0 Å². The fourth-order valence-corrected chi connectivity index (χ4v) is 6.30. The molecule has 0 aliphatic carbocycles. The summed E-state index contributed by atoms with van der Waals surface area (Å²) in [5.41, 5.74) is 11.1. The van der Waals surface area contributed by atoms with Crippen molar-refractivity contribution < 1.29 is 0 Å². The van der Waals surface area contributed by atoms with Crippen molar-refractivity contribution in [2.24, 2.45) is 0 Å². The van der Waals surface area contributed by atoms with Gasteiger partial charge in [-0.25, -0.2) is 0 Å². The topological polar surface area (TPSA) is 34.0 Å². The van der Waals surface area contributed by atoms with E-state index in [0.717, 1.165) is 33.7 Å². The van der Waals surface area contributed by atoms with Crippen LogP contribution in [0, 0.1) is 0 Å². The van der Waals surface area contributed by atoms with Gasteiger partial charge in [-0.3, -0.25) is 9.97 Å². The molecule has 0 N–H and O–H groups in total. The summed E-state index contributed by atoms with van der Waals surface area (Å²) in [5.74, 6) is 0. The maximum absolute atomic E-state index is 5.23. The van der Waals surface area contributed by atoms with E-state index >= 15 is 0 Å². The highest BCUT2D eigenvalue weighted by atomic mass is 15.1. The van der Waals surface area contributed by atoms with Gasteiger partial charge >= 0.3 is 0 Å². The van der Waals surface area contributed by atoms with Gasteiger partial charge in [0.1, 0.15) is 0 Å². The van der Waals surface area contributed by atoms with Crippen molar-refractivity contribution in [2.75, 3.05) is 7.05 Å². The van der Waals surface area contributed by atoms with E-state index in [1.165, 1.54) is 33.0 Å². The van der Waals surface area contributed by atoms with Crippen LogP contribution in [0.15, 0.2) is 158 Å². The number of rotatable bonds is 5. The SMILES string of the molecule is CN1C=CC=CC1c1cc(-c2cccc(-c3ccccc3)c2)cc(-c2ccc(-n3c4ccccc4c4ccncc43)cc2)n1. The Kier molecular flexibility index (Phi) is 6.38. The van der Waals surface area contributed by atoms with E-state index in [1.807, 2.05) is 12.4 Å². The Morgan fingerprint density at radius 2 is 1.34 bits per heavy atom. The molecule has 0 amide bonds. The van der Waals surface area contributed by atoms with Crippen LogP contribution in [0.25, 0.3) is 61.0 Å². The van der Waals surface area contributed by atoms with Gasteiger partial charge in [0.25, 0.3) is 0 Å². The van der Waals surface area contributed by atoms with Crippen molar-refractivity contribution in [3.8, 4) is 39.2 Å². The third-order valence-electron chi connectivity index (χ3n) is 8.51. The number of allylic oxidation sites excluding steroid dienone is 2. The molecule has 1 atom stereocenters. The van der Waals surface area contributed by atoms with Gasteiger partial charge in [-0.1, -0.05) is 91.0 Å². The van der Waals surface area contributed by atoms with Crippen LogP contribution in [0.3, 0.4) is 0 Å². The predicted molar refractivity (Wildman–Crippen MR) is 181 cm³/mol. The molecule has 3 aromatic heterocycles. The highest BCUT2D eigenvalue weighted by molar-refractivity contribution is 6.08. The van der Waals surface area contributed by atoms with Crippen molar-refractivity contribution in [1.82, 2.24) is 19.4 Å². The van der Waals surface area contributed by atoms with Crippen LogP contribution in [-0.4, -0.2) is 26.5 Å². The summed E-state index contributed by atoms with van der Waals surface area (Å²) in [7, 11) is 2.10. The minimum Gasteiger partial charge on any atom is -0.368 e. The highest BCUT2D eigenvalue weighted by Gasteiger charge is 2.18. The van der Waals surface area contributed by atoms with Gasteiger partial charge in [-0.05, 0) is 77.0 Å². The first-order chi connectivity index (χ1) is 21.7. The maximum atomic E-state index is 5.23. The molecule has 0 saturated carbocycles. The van der Waals surface area contributed by atoms with Crippen molar-refractivity contribution in [3.63, 3.8) is 0 Å². The van der Waals surface area contributed by atoms with Crippen LogP contribution in [0.4, 0.5) is 0 Å². The lowest BCUT2D eigenvalue weighted by molar-refractivity contribution is 0.383. The minimum atomic E-state index is 0.0559. The zero-order chi connectivity index (χ0) is 29.5. The maximum Gasteiger partial charge on any atom is 0.0892 e. The Morgan fingerprint density at radius 1 is 0.591 bits per heavy atom. The van der Waals surface area contributed by atoms with E-state index in [-0.39, 0.29) is 6.04 Å². The molecule has 210 valence electrons. The molecule has 0 fully saturated rings. The first-order valence-electron chi connectivity index (χ1n) is 14.9. The van der Waals surface area contributed by atoms with E-state index in [0.29, 0.717) is 0 Å². The van der Waals surface area contributed by atoms with Crippen molar-refractivity contribution in [2.45, 2.75) is 6.04 Å². The van der Waals surface area contributed by atoms with Crippen LogP contribution >= 0.6 is 0 Å². The number of pyridine rings is 2. The first-order valence-corrected chi connectivity index (χ1v) is 14.9. The molecule has 0 bridgehead atoms. The summed E-state index contributed by atoms with van der Waals surface area (Å²) in [6, 6.07) is 43.2. The average Bonchev–Trinajstić information content (AvgIpc) is 3.43. The van der Waals surface area contributed by atoms with Gasteiger partial charge in [0.15, 0.2) is 0 Å². The predicted octanol–water partition coefficient (Wildman–Crippen LogP) is 9.63. The zero-order valence-electron chi connectivity index (χ0n) is 24.4. The summed E-state index contributed by atoms with van der Waals surface area (Å²) < 4.78 is 2.29. The number of fused-ring (bicyclic) bond motifs is 3. The number of likely N-dealkylation sites (N-methyl/N-ethyl adjacent to an activating group) is 1. The molecule has 0 radical (unpaired) electrons. The van der Waals surface area contributed by atoms with Gasteiger partial charge in [0, 0.05) is 35.3 Å². The number of para-hydroxylation sites is 1. The lowest BCUT2D eigenvalue weighted by Crippen LogP contribution is -2.20. The summed E-state index contributed by atoms with van der Waals surface area (Å²) in [4.78, 5) is 11.9. The molecular weight excluding hydrogens is 536 g/mol. The largest absolute Gasteiger partial charge is 0.368 e. The number of hydrogen-bond acceptors (Lipinski definition) is 3. The van der Waals surface area contributed by atoms with Crippen LogP contribution < -0.4 is 0 Å². The molecule has 0 saturated heterocycles. The van der Waals surface area contributed by atoms with Gasteiger partial charge in [-0.15, -0.1) is 0 Å². The molecule has 4 aromatic carbocycles. The number of nitrogens with zero attached hydrogens (tertiary/aromatic N) is 4. The second-order valence-corrected chi connectivity index (χ2v) is 11.2. The van der Waals surface area contributed by atoms with E-state index in [2.05, 4.69) is 167 Å². The van der Waals surface area contributed by atoms with Gasteiger partial charge in [-0.2, -0.15) is 0 Å². The fraction of sp³-hybridized carbons (Fsp3) is 0.0500. The van der Waals surface area contributed by atoms with Gasteiger partial charge in [0.05, 0.1) is 34.7 Å². The quantitative estimate of drug-likeness (QED) is 0.208. The summed E-state index contributed by atoms with van der Waals surface area (Å²) in [5, 5.41) is 2.43. The Hall–Kier alpha value is -5.74. The minimum absolute atomic E-state index is 0.0559. The monoisotopic (exact) mass is 566 g/mol. The Morgan fingerprint density at radius 3 is 2.18 bits per heavy atom. The van der Waals surface area contributed by atoms with Gasteiger partial charge < -0.3 is 9.47 Å². The van der Waals surface area contributed by atoms with Crippen molar-refractivity contribution >= 4 is 21.8 Å². The smallest absolute Gasteiger partial charge is 0.0892 e. The number of hydrogen-bond donors (Lipinski definition) is 0. The Labute approximate surface area is 256 Å². The molecule has 1 aliphatic heterocycles. The van der Waals surface area contributed by atoms with Crippen LogP contribution in [0.5, 0.6) is 0 Å². The lowest BCUT2D eigenvalue weighted by atomic mass is 9.96. The number of aromatic nitrogens is 3. The molecule has 4 nitrogen and oxygen atoms in total. The molecule has 7 aromatic rings. The van der Waals surface area contributed by atoms with E-state index in [4.69, 9.17) is 4.98 Å². The molecule has 8 rings (SSSR count). The second-order valence-electron chi connectivity index (χ2n) is 11.2. The van der Waals surface area contributed by atoms with Crippen molar-refractivity contribution in [1.29, 1.82) is 0 Å². The molecule has 1 aliphatic rings. The molecule has 1 unspecified atom stereocenters. The highest BCUT2D eigenvalue weighted by Crippen LogP contribution is 2.35. The molecular formula is C40H30N4. The Bertz CT molecular complexity index is 2140. The third kappa shape index (κ3) is 4.58. The molecule has 0 spiro atoms. The molecule has 4 heterocycles. The van der Waals surface area contributed by atoms with Crippen LogP contribution in [0.2, 0.25) is 0 Å². The molecule has 44 heavy (non-hydrogen) atoms. The standard InChI is InChI=1S/C40H30N4/c1-43-23-8-7-16-39(43)37-26-32(31-13-9-12-30(24-31)28-10-3-2-4-11-28)25-36(42-37)29-17-19-33(20-18-29)44-38-15-6-5-14-34(38)35-21-22-41-27-40(35)44/h2-27,39H,1H3. The van der Waals surface area contributed by atoms with Gasteiger partial charge in [0.2, 0.25) is 0 Å². The van der Waals surface area contributed by atoms with E-state index in [9.17, 15) is 0 Å². The Balaban J connectivity index is 1.24. The lowest BCUT2D eigenvalue weighted by Gasteiger charge is -2.26.